The van der Waals surface area contributed by atoms with Gasteiger partial charge in [-0.15, -0.1) is 0 Å². The number of benzene rings is 1. The lowest BCUT2D eigenvalue weighted by atomic mass is 9.90. The minimum atomic E-state index is -0.539. The van der Waals surface area contributed by atoms with Crippen LogP contribution in [0.15, 0.2) is 12.1 Å². The van der Waals surface area contributed by atoms with Gasteiger partial charge >= 0.3 is 0 Å². The summed E-state index contributed by atoms with van der Waals surface area (Å²) in [6, 6.07) is 3.22. The van der Waals surface area contributed by atoms with Gasteiger partial charge in [-0.2, -0.15) is 0 Å². The molecular formula is C13H20FNO. The van der Waals surface area contributed by atoms with E-state index >= 15 is 0 Å². The Bertz CT molecular complexity index is 380. The number of rotatable bonds is 3. The molecule has 0 saturated heterocycles. The molecule has 0 atom stereocenters. The predicted molar refractivity (Wildman–Crippen MR) is 64.3 cm³/mol. The molecule has 0 aliphatic carbocycles. The third-order valence-electron chi connectivity index (χ3n) is 2.63. The first-order chi connectivity index (χ1) is 7.27. The standard InChI is InChI=1S/C13H20FNO/c1-8(2)9-6-10(13(3,4)15)12(16-5)7-11(9)14/h6-8H,15H2,1-5H3. The lowest BCUT2D eigenvalue weighted by Gasteiger charge is -2.24. The molecule has 1 aromatic carbocycles. The van der Waals surface area contributed by atoms with Crippen molar-refractivity contribution in [3.05, 3.63) is 29.1 Å². The summed E-state index contributed by atoms with van der Waals surface area (Å²) in [6.45, 7) is 7.68. The SMILES string of the molecule is COc1cc(F)c(C(C)C)cc1C(C)(C)N. The molecule has 90 valence electrons. The molecule has 0 aliphatic rings. The Morgan fingerprint density at radius 3 is 2.25 bits per heavy atom. The van der Waals surface area contributed by atoms with Gasteiger partial charge in [0, 0.05) is 17.2 Å². The zero-order chi connectivity index (χ0) is 12.5. The maximum absolute atomic E-state index is 13.7. The summed E-state index contributed by atoms with van der Waals surface area (Å²) in [6.07, 6.45) is 0. The Morgan fingerprint density at radius 2 is 1.88 bits per heavy atom. The van der Waals surface area contributed by atoms with Crippen LogP contribution in [0.1, 0.15) is 44.7 Å². The van der Waals surface area contributed by atoms with Crippen molar-refractivity contribution in [3.63, 3.8) is 0 Å². The Labute approximate surface area is 96.6 Å². The number of hydrogen-bond donors (Lipinski definition) is 1. The van der Waals surface area contributed by atoms with E-state index in [1.807, 2.05) is 27.7 Å². The Morgan fingerprint density at radius 1 is 1.31 bits per heavy atom. The Balaban J connectivity index is 3.41. The molecule has 0 aromatic heterocycles. The second-order valence-corrected chi connectivity index (χ2v) is 4.95. The molecular weight excluding hydrogens is 205 g/mol. The topological polar surface area (TPSA) is 35.2 Å². The zero-order valence-corrected chi connectivity index (χ0v) is 10.6. The van der Waals surface area contributed by atoms with E-state index < -0.39 is 5.54 Å². The van der Waals surface area contributed by atoms with E-state index in [9.17, 15) is 4.39 Å². The van der Waals surface area contributed by atoms with Crippen molar-refractivity contribution in [2.75, 3.05) is 7.11 Å². The van der Waals surface area contributed by atoms with E-state index in [2.05, 4.69) is 0 Å². The van der Waals surface area contributed by atoms with E-state index in [1.54, 1.807) is 6.07 Å². The van der Waals surface area contributed by atoms with Crippen molar-refractivity contribution in [1.82, 2.24) is 0 Å². The van der Waals surface area contributed by atoms with Gasteiger partial charge in [-0.3, -0.25) is 0 Å². The van der Waals surface area contributed by atoms with Crippen molar-refractivity contribution in [3.8, 4) is 5.75 Å². The first-order valence-corrected chi connectivity index (χ1v) is 5.44. The first-order valence-electron chi connectivity index (χ1n) is 5.44. The molecule has 3 heteroatoms. The van der Waals surface area contributed by atoms with E-state index in [0.29, 0.717) is 11.3 Å². The second-order valence-electron chi connectivity index (χ2n) is 4.95. The minimum absolute atomic E-state index is 0.131. The van der Waals surface area contributed by atoms with Crippen LogP contribution in [-0.2, 0) is 5.54 Å². The lowest BCUT2D eigenvalue weighted by Crippen LogP contribution is -2.29. The van der Waals surface area contributed by atoms with Crippen molar-refractivity contribution < 1.29 is 9.13 Å². The summed E-state index contributed by atoms with van der Waals surface area (Å²) in [7, 11) is 1.53. The molecule has 0 fully saturated rings. The van der Waals surface area contributed by atoms with E-state index in [0.717, 1.165) is 5.56 Å². The largest absolute Gasteiger partial charge is 0.496 e. The van der Waals surface area contributed by atoms with E-state index in [1.165, 1.54) is 13.2 Å². The summed E-state index contributed by atoms with van der Waals surface area (Å²) < 4.78 is 18.9. The minimum Gasteiger partial charge on any atom is -0.496 e. The molecule has 0 amide bonds. The molecule has 0 spiro atoms. The van der Waals surface area contributed by atoms with Crippen LogP contribution in [0.5, 0.6) is 5.75 Å². The monoisotopic (exact) mass is 225 g/mol. The second kappa shape index (κ2) is 4.42. The zero-order valence-electron chi connectivity index (χ0n) is 10.6. The number of ether oxygens (including phenoxy) is 1. The molecule has 0 saturated carbocycles. The highest BCUT2D eigenvalue weighted by molar-refractivity contribution is 5.43. The van der Waals surface area contributed by atoms with Gasteiger partial charge in [0.25, 0.3) is 0 Å². The van der Waals surface area contributed by atoms with Gasteiger partial charge in [0.1, 0.15) is 11.6 Å². The molecule has 0 radical (unpaired) electrons. The molecule has 16 heavy (non-hydrogen) atoms. The molecule has 2 nitrogen and oxygen atoms in total. The van der Waals surface area contributed by atoms with Crippen molar-refractivity contribution in [1.29, 1.82) is 0 Å². The van der Waals surface area contributed by atoms with Crippen LogP contribution in [0.2, 0.25) is 0 Å². The highest BCUT2D eigenvalue weighted by atomic mass is 19.1. The highest BCUT2D eigenvalue weighted by Gasteiger charge is 2.22. The van der Waals surface area contributed by atoms with Crippen molar-refractivity contribution in [2.45, 2.75) is 39.2 Å². The average molecular weight is 225 g/mol. The Hall–Kier alpha value is -1.09. The number of methoxy groups -OCH3 is 1. The van der Waals surface area contributed by atoms with Gasteiger partial charge in [-0.1, -0.05) is 13.8 Å². The summed E-state index contributed by atoms with van der Waals surface area (Å²) in [5, 5.41) is 0. The fourth-order valence-corrected chi connectivity index (χ4v) is 1.69. The van der Waals surface area contributed by atoms with Crippen LogP contribution in [0.25, 0.3) is 0 Å². The molecule has 0 heterocycles. The van der Waals surface area contributed by atoms with E-state index in [-0.39, 0.29) is 11.7 Å². The van der Waals surface area contributed by atoms with Crippen LogP contribution in [-0.4, -0.2) is 7.11 Å². The molecule has 0 unspecified atom stereocenters. The lowest BCUT2D eigenvalue weighted by molar-refractivity contribution is 0.390. The fourth-order valence-electron chi connectivity index (χ4n) is 1.69. The summed E-state index contributed by atoms with van der Waals surface area (Å²) in [5.41, 5.74) is 7.02. The Kier molecular flexibility index (Phi) is 3.58. The summed E-state index contributed by atoms with van der Waals surface area (Å²) in [5.74, 6) is 0.404. The summed E-state index contributed by atoms with van der Waals surface area (Å²) in [4.78, 5) is 0. The molecule has 1 rings (SSSR count). The smallest absolute Gasteiger partial charge is 0.130 e. The van der Waals surface area contributed by atoms with Crippen LogP contribution in [0.3, 0.4) is 0 Å². The highest BCUT2D eigenvalue weighted by Crippen LogP contribution is 2.32. The van der Waals surface area contributed by atoms with Gasteiger partial charge in [-0.05, 0) is 31.4 Å². The normalized spacial score (nSPS) is 12.0. The van der Waals surface area contributed by atoms with Crippen LogP contribution >= 0.6 is 0 Å². The van der Waals surface area contributed by atoms with Crippen molar-refractivity contribution in [2.24, 2.45) is 5.73 Å². The third kappa shape index (κ3) is 2.53. The van der Waals surface area contributed by atoms with Crippen LogP contribution in [0.4, 0.5) is 4.39 Å². The molecule has 0 bridgehead atoms. The quantitative estimate of drug-likeness (QED) is 0.857. The predicted octanol–water partition coefficient (Wildman–Crippen LogP) is 3.15. The van der Waals surface area contributed by atoms with E-state index in [4.69, 9.17) is 10.5 Å². The number of halogens is 1. The maximum atomic E-state index is 13.7. The molecule has 2 N–H and O–H groups in total. The number of hydrogen-bond acceptors (Lipinski definition) is 2. The number of nitrogens with two attached hydrogens (primary N) is 1. The van der Waals surface area contributed by atoms with Gasteiger partial charge in [0.05, 0.1) is 7.11 Å². The van der Waals surface area contributed by atoms with Gasteiger partial charge in [-0.25, -0.2) is 4.39 Å². The average Bonchev–Trinajstić information content (AvgIpc) is 2.14. The van der Waals surface area contributed by atoms with Crippen molar-refractivity contribution >= 4 is 0 Å². The van der Waals surface area contributed by atoms with Gasteiger partial charge in [0.2, 0.25) is 0 Å². The third-order valence-corrected chi connectivity index (χ3v) is 2.63. The van der Waals surface area contributed by atoms with Gasteiger partial charge in [0.15, 0.2) is 0 Å². The first kappa shape index (κ1) is 13.0. The fraction of sp³-hybridized carbons (Fsp3) is 0.538. The van der Waals surface area contributed by atoms with Crippen LogP contribution in [0, 0.1) is 5.82 Å². The summed E-state index contributed by atoms with van der Waals surface area (Å²) >= 11 is 0. The van der Waals surface area contributed by atoms with Gasteiger partial charge < -0.3 is 10.5 Å². The maximum Gasteiger partial charge on any atom is 0.130 e. The molecule has 1 aromatic rings. The van der Waals surface area contributed by atoms with Crippen LogP contribution < -0.4 is 10.5 Å². The molecule has 0 aliphatic heterocycles.